The highest BCUT2D eigenvalue weighted by atomic mass is 16.6. The van der Waals surface area contributed by atoms with Crippen LogP contribution >= 0.6 is 0 Å². The van der Waals surface area contributed by atoms with Crippen molar-refractivity contribution >= 4 is 23.0 Å². The second-order valence-corrected chi connectivity index (χ2v) is 4.88. The maximum absolute atomic E-state index is 12.2. The molecule has 2 rings (SSSR count). The zero-order chi connectivity index (χ0) is 16.8. The van der Waals surface area contributed by atoms with Crippen molar-refractivity contribution in [3.8, 4) is 5.75 Å². The van der Waals surface area contributed by atoms with E-state index in [1.54, 1.807) is 11.9 Å². The average Bonchev–Trinajstić information content (AvgIpc) is 2.55. The van der Waals surface area contributed by atoms with Gasteiger partial charge in [0.05, 0.1) is 24.3 Å². The highest BCUT2D eigenvalue weighted by molar-refractivity contribution is 5.95. The molecule has 120 valence electrons. The number of amides is 1. The minimum absolute atomic E-state index is 0.107. The summed E-state index contributed by atoms with van der Waals surface area (Å²) in [6.45, 7) is 0.107. The van der Waals surface area contributed by atoms with Crippen molar-refractivity contribution in [2.45, 2.75) is 0 Å². The summed E-state index contributed by atoms with van der Waals surface area (Å²) in [7, 11) is 3.23. The standard InChI is InChI=1S/C16H17N3O4/c1-18(12-6-4-3-5-7-12)11-16(20)17-14-10-13(19(21)22)8-9-15(14)23-2/h3-10H,11H2,1-2H3,(H,17,20). The number of ether oxygens (including phenoxy) is 1. The number of likely N-dealkylation sites (N-methyl/N-ethyl adjacent to an activating group) is 1. The first-order valence-electron chi connectivity index (χ1n) is 6.89. The molecule has 0 atom stereocenters. The van der Waals surface area contributed by atoms with Crippen LogP contribution in [0.1, 0.15) is 0 Å². The van der Waals surface area contributed by atoms with Gasteiger partial charge in [-0.2, -0.15) is 0 Å². The number of hydrogen-bond donors (Lipinski definition) is 1. The topological polar surface area (TPSA) is 84.7 Å². The molecule has 0 aromatic heterocycles. The Bertz CT molecular complexity index is 704. The van der Waals surface area contributed by atoms with Crippen molar-refractivity contribution in [2.75, 3.05) is 30.9 Å². The van der Waals surface area contributed by atoms with Gasteiger partial charge in [-0.25, -0.2) is 0 Å². The Kier molecular flexibility index (Phi) is 5.14. The lowest BCUT2D eigenvalue weighted by Gasteiger charge is -2.19. The van der Waals surface area contributed by atoms with E-state index in [0.717, 1.165) is 5.69 Å². The number of nitro benzene ring substituents is 1. The largest absolute Gasteiger partial charge is 0.495 e. The van der Waals surface area contributed by atoms with Gasteiger partial charge in [-0.15, -0.1) is 0 Å². The Hall–Kier alpha value is -3.09. The van der Waals surface area contributed by atoms with E-state index in [4.69, 9.17) is 4.74 Å². The van der Waals surface area contributed by atoms with Crippen molar-refractivity contribution in [1.29, 1.82) is 0 Å². The first-order chi connectivity index (χ1) is 11.0. The van der Waals surface area contributed by atoms with Gasteiger partial charge in [0.1, 0.15) is 5.75 Å². The molecule has 0 heterocycles. The van der Waals surface area contributed by atoms with Crippen LogP contribution in [0.15, 0.2) is 48.5 Å². The van der Waals surface area contributed by atoms with Gasteiger partial charge >= 0.3 is 0 Å². The monoisotopic (exact) mass is 315 g/mol. The number of benzene rings is 2. The number of nitro groups is 1. The molecule has 0 saturated carbocycles. The minimum Gasteiger partial charge on any atom is -0.495 e. The molecule has 2 aromatic carbocycles. The SMILES string of the molecule is COc1ccc([N+](=O)[O-])cc1NC(=O)CN(C)c1ccccc1. The van der Waals surface area contributed by atoms with Crippen molar-refractivity contribution in [3.05, 3.63) is 58.6 Å². The zero-order valence-corrected chi connectivity index (χ0v) is 12.9. The summed E-state index contributed by atoms with van der Waals surface area (Å²) in [5.74, 6) is 0.0708. The fraction of sp³-hybridized carbons (Fsp3) is 0.188. The number of para-hydroxylation sites is 1. The van der Waals surface area contributed by atoms with Gasteiger partial charge < -0.3 is 15.0 Å². The van der Waals surface area contributed by atoms with E-state index < -0.39 is 4.92 Å². The Labute approximate surface area is 133 Å². The Morgan fingerprint density at radius 2 is 1.96 bits per heavy atom. The average molecular weight is 315 g/mol. The summed E-state index contributed by atoms with van der Waals surface area (Å²) in [6, 6.07) is 13.5. The van der Waals surface area contributed by atoms with Crippen molar-refractivity contribution in [1.82, 2.24) is 0 Å². The lowest BCUT2D eigenvalue weighted by molar-refractivity contribution is -0.384. The van der Waals surface area contributed by atoms with Gasteiger partial charge in [-0.1, -0.05) is 18.2 Å². The third-order valence-corrected chi connectivity index (χ3v) is 3.25. The molecule has 7 heteroatoms. The number of anilines is 2. The van der Waals surface area contributed by atoms with Crippen LogP contribution in [0.3, 0.4) is 0 Å². The van der Waals surface area contributed by atoms with Crippen LogP contribution in [0.25, 0.3) is 0 Å². The maximum atomic E-state index is 12.2. The molecule has 0 bridgehead atoms. The van der Waals surface area contributed by atoms with Crippen LogP contribution in [0.5, 0.6) is 5.75 Å². The number of carbonyl (C=O) groups excluding carboxylic acids is 1. The second kappa shape index (κ2) is 7.26. The molecular formula is C16H17N3O4. The van der Waals surface area contributed by atoms with Gasteiger partial charge in [0, 0.05) is 24.9 Å². The summed E-state index contributed by atoms with van der Waals surface area (Å²) < 4.78 is 5.12. The highest BCUT2D eigenvalue weighted by Crippen LogP contribution is 2.28. The first kappa shape index (κ1) is 16.3. The van der Waals surface area contributed by atoms with Crippen LogP contribution in [-0.2, 0) is 4.79 Å². The van der Waals surface area contributed by atoms with Crippen molar-refractivity contribution in [3.63, 3.8) is 0 Å². The van der Waals surface area contributed by atoms with E-state index in [9.17, 15) is 14.9 Å². The van der Waals surface area contributed by atoms with E-state index in [0.29, 0.717) is 5.75 Å². The van der Waals surface area contributed by atoms with Crippen molar-refractivity contribution in [2.24, 2.45) is 0 Å². The summed E-state index contributed by atoms with van der Waals surface area (Å²) in [4.78, 5) is 24.3. The van der Waals surface area contributed by atoms with E-state index >= 15 is 0 Å². The first-order valence-corrected chi connectivity index (χ1v) is 6.89. The summed E-state index contributed by atoms with van der Waals surface area (Å²) in [5, 5.41) is 13.5. The van der Waals surface area contributed by atoms with E-state index in [1.807, 2.05) is 30.3 Å². The number of hydrogen-bond acceptors (Lipinski definition) is 5. The molecule has 0 spiro atoms. The predicted molar refractivity (Wildman–Crippen MR) is 88.0 cm³/mol. The van der Waals surface area contributed by atoms with Gasteiger partial charge in [-0.05, 0) is 18.2 Å². The molecule has 0 saturated heterocycles. The van der Waals surface area contributed by atoms with Crippen LogP contribution in [0.4, 0.5) is 17.1 Å². The molecule has 0 radical (unpaired) electrons. The molecular weight excluding hydrogens is 298 g/mol. The Morgan fingerprint density at radius 3 is 2.57 bits per heavy atom. The fourth-order valence-electron chi connectivity index (χ4n) is 2.09. The predicted octanol–water partition coefficient (Wildman–Crippen LogP) is 2.68. The quantitative estimate of drug-likeness (QED) is 0.654. The molecule has 0 fully saturated rings. The highest BCUT2D eigenvalue weighted by Gasteiger charge is 2.14. The third kappa shape index (κ3) is 4.19. The maximum Gasteiger partial charge on any atom is 0.271 e. The van der Waals surface area contributed by atoms with Gasteiger partial charge in [0.25, 0.3) is 5.69 Å². The number of nitrogens with zero attached hydrogens (tertiary/aromatic N) is 2. The number of rotatable bonds is 6. The molecule has 0 aliphatic carbocycles. The molecule has 0 aliphatic heterocycles. The normalized spacial score (nSPS) is 10.0. The van der Waals surface area contributed by atoms with Gasteiger partial charge in [0.2, 0.25) is 5.91 Å². The Balaban J connectivity index is 2.10. The minimum atomic E-state index is -0.523. The van der Waals surface area contributed by atoms with Crippen LogP contribution in [0, 0.1) is 10.1 Å². The summed E-state index contributed by atoms with van der Waals surface area (Å²) in [6.07, 6.45) is 0. The van der Waals surface area contributed by atoms with Crippen LogP contribution in [-0.4, -0.2) is 31.5 Å². The summed E-state index contributed by atoms with van der Waals surface area (Å²) >= 11 is 0. The van der Waals surface area contributed by atoms with Gasteiger partial charge in [-0.3, -0.25) is 14.9 Å². The molecule has 0 unspecified atom stereocenters. The molecule has 23 heavy (non-hydrogen) atoms. The van der Waals surface area contributed by atoms with E-state index in [1.165, 1.54) is 25.3 Å². The van der Waals surface area contributed by atoms with Crippen molar-refractivity contribution < 1.29 is 14.5 Å². The number of carbonyl (C=O) groups is 1. The van der Waals surface area contributed by atoms with E-state index in [-0.39, 0.29) is 23.8 Å². The molecule has 1 N–H and O–H groups in total. The number of non-ortho nitro benzene ring substituents is 1. The zero-order valence-electron chi connectivity index (χ0n) is 12.9. The number of methoxy groups -OCH3 is 1. The summed E-state index contributed by atoms with van der Waals surface area (Å²) in [5.41, 5.74) is 1.05. The van der Waals surface area contributed by atoms with Gasteiger partial charge in [0.15, 0.2) is 0 Å². The lowest BCUT2D eigenvalue weighted by atomic mass is 10.2. The third-order valence-electron chi connectivity index (χ3n) is 3.25. The van der Waals surface area contributed by atoms with Crippen LogP contribution < -0.4 is 15.0 Å². The number of nitrogens with one attached hydrogen (secondary N) is 1. The lowest BCUT2D eigenvalue weighted by Crippen LogP contribution is -2.30. The molecule has 2 aromatic rings. The van der Waals surface area contributed by atoms with Crippen LogP contribution in [0.2, 0.25) is 0 Å². The van der Waals surface area contributed by atoms with E-state index in [2.05, 4.69) is 5.32 Å². The Morgan fingerprint density at radius 1 is 1.26 bits per heavy atom. The molecule has 1 amide bonds. The second-order valence-electron chi connectivity index (χ2n) is 4.88. The molecule has 0 aliphatic rings. The molecule has 7 nitrogen and oxygen atoms in total. The fourth-order valence-corrected chi connectivity index (χ4v) is 2.09. The smallest absolute Gasteiger partial charge is 0.271 e.